The molecule has 0 aromatic carbocycles. The van der Waals surface area contributed by atoms with Crippen molar-refractivity contribution in [2.75, 3.05) is 39.6 Å². The van der Waals surface area contributed by atoms with Crippen LogP contribution >= 0.6 is 15.6 Å². The van der Waals surface area contributed by atoms with Gasteiger partial charge in [0.15, 0.2) is 12.2 Å². The third kappa shape index (κ3) is 78.5. The van der Waals surface area contributed by atoms with Crippen molar-refractivity contribution in [2.24, 2.45) is 17.8 Å². The van der Waals surface area contributed by atoms with Gasteiger partial charge in [-0.15, -0.1) is 0 Å². The monoisotopic (exact) mass is 1540 g/mol. The molecule has 0 heterocycles. The molecule has 0 aromatic heterocycles. The van der Waals surface area contributed by atoms with Crippen LogP contribution in [-0.2, 0) is 65.4 Å². The molecule has 0 fully saturated rings. The molecule has 3 N–H and O–H groups in total. The first-order valence-corrected chi connectivity index (χ1v) is 47.4. The van der Waals surface area contributed by atoms with Gasteiger partial charge in [0, 0.05) is 25.7 Å². The standard InChI is InChI=1S/C86H168O17P2/c1-8-10-11-12-13-14-15-16-28-34-39-48-55-62-69-85(90)103-82(74-97-84(89)68-61-54-47-42-41-45-52-59-66-79(7)9-2)76-101-105(94,95)99-72-80(87)71-98-104(92,93)100-75-81(73-96-83(88)67-60-53-46-38-33-29-25-21-23-27-32-37-44-51-58-65-78(5)6)102-86(91)70-63-56-49-40-35-30-24-20-18-17-19-22-26-31-36-43-50-57-64-77(3)4/h77-82,87H,8-76H2,1-7H3,(H,92,93)(H,94,95)/t79?,80-,81-,82-/m1/s1. The van der Waals surface area contributed by atoms with Crippen molar-refractivity contribution in [3.8, 4) is 0 Å². The van der Waals surface area contributed by atoms with Crippen molar-refractivity contribution in [3.05, 3.63) is 0 Å². The number of ether oxygens (including phenoxy) is 4. The fourth-order valence-electron chi connectivity index (χ4n) is 13.3. The highest BCUT2D eigenvalue weighted by atomic mass is 31.2. The summed E-state index contributed by atoms with van der Waals surface area (Å²) in [6, 6.07) is 0. The fourth-order valence-corrected chi connectivity index (χ4v) is 14.9. The van der Waals surface area contributed by atoms with Crippen LogP contribution in [0.25, 0.3) is 0 Å². The topological polar surface area (TPSA) is 237 Å². The number of esters is 4. The number of carbonyl (C=O) groups is 4. The molecular weight excluding hydrogens is 1370 g/mol. The molecule has 105 heavy (non-hydrogen) atoms. The fraction of sp³-hybridized carbons (Fsp3) is 0.953. The Morgan fingerprint density at radius 2 is 0.486 bits per heavy atom. The van der Waals surface area contributed by atoms with Gasteiger partial charge in [-0.1, -0.05) is 402 Å². The Balaban J connectivity index is 5.25. The van der Waals surface area contributed by atoms with Crippen molar-refractivity contribution in [2.45, 2.75) is 471 Å². The number of phosphoric ester groups is 2. The molecule has 0 aliphatic carbocycles. The van der Waals surface area contributed by atoms with E-state index in [9.17, 15) is 43.2 Å². The van der Waals surface area contributed by atoms with Crippen LogP contribution in [0.3, 0.4) is 0 Å². The summed E-state index contributed by atoms with van der Waals surface area (Å²) >= 11 is 0. The Hall–Kier alpha value is -1.94. The van der Waals surface area contributed by atoms with Crippen LogP contribution in [0.2, 0.25) is 0 Å². The molecule has 0 aliphatic heterocycles. The average molecular weight is 1540 g/mol. The molecule has 0 amide bonds. The number of unbranched alkanes of at least 4 members (excludes halogenated alkanes) is 51. The van der Waals surface area contributed by atoms with E-state index in [0.717, 1.165) is 108 Å². The Morgan fingerprint density at radius 1 is 0.276 bits per heavy atom. The van der Waals surface area contributed by atoms with Gasteiger partial charge in [-0.3, -0.25) is 37.3 Å². The summed E-state index contributed by atoms with van der Waals surface area (Å²) in [5, 5.41) is 10.7. The number of phosphoric acid groups is 2. The molecule has 0 saturated carbocycles. The van der Waals surface area contributed by atoms with E-state index in [0.29, 0.717) is 25.7 Å². The zero-order valence-electron chi connectivity index (χ0n) is 69.2. The highest BCUT2D eigenvalue weighted by Crippen LogP contribution is 2.45. The van der Waals surface area contributed by atoms with Crippen LogP contribution in [0.1, 0.15) is 453 Å². The molecule has 624 valence electrons. The first-order chi connectivity index (χ1) is 50.8. The zero-order chi connectivity index (χ0) is 77.2. The van der Waals surface area contributed by atoms with E-state index in [1.165, 1.54) is 263 Å². The van der Waals surface area contributed by atoms with E-state index >= 15 is 0 Å². The molecule has 0 spiro atoms. The molecule has 6 atom stereocenters. The lowest BCUT2D eigenvalue weighted by Crippen LogP contribution is -2.30. The van der Waals surface area contributed by atoms with E-state index < -0.39 is 97.5 Å². The first kappa shape index (κ1) is 103. The largest absolute Gasteiger partial charge is 0.472 e. The molecule has 0 bridgehead atoms. The van der Waals surface area contributed by atoms with Crippen LogP contribution in [0.5, 0.6) is 0 Å². The maximum atomic E-state index is 13.2. The lowest BCUT2D eigenvalue weighted by Gasteiger charge is -2.21. The highest BCUT2D eigenvalue weighted by molar-refractivity contribution is 7.47. The van der Waals surface area contributed by atoms with Crippen molar-refractivity contribution in [1.29, 1.82) is 0 Å². The summed E-state index contributed by atoms with van der Waals surface area (Å²) in [5.74, 6) is 0.301. The molecule has 3 unspecified atom stereocenters. The number of carbonyl (C=O) groups excluding carboxylic acids is 4. The molecule has 17 nitrogen and oxygen atoms in total. The second-order valence-electron chi connectivity index (χ2n) is 32.1. The van der Waals surface area contributed by atoms with Gasteiger partial charge in [-0.05, 0) is 43.4 Å². The number of aliphatic hydroxyl groups is 1. The summed E-state index contributed by atoms with van der Waals surface area (Å²) in [6.07, 6.45) is 66.5. The van der Waals surface area contributed by atoms with E-state index in [4.69, 9.17) is 37.0 Å². The van der Waals surface area contributed by atoms with Gasteiger partial charge in [0.1, 0.15) is 19.3 Å². The van der Waals surface area contributed by atoms with Gasteiger partial charge in [-0.25, -0.2) is 9.13 Å². The van der Waals surface area contributed by atoms with Gasteiger partial charge in [0.2, 0.25) is 0 Å². The summed E-state index contributed by atoms with van der Waals surface area (Å²) in [7, 11) is -9.93. The summed E-state index contributed by atoms with van der Waals surface area (Å²) < 4.78 is 68.9. The van der Waals surface area contributed by atoms with Crippen LogP contribution in [0.15, 0.2) is 0 Å². The van der Waals surface area contributed by atoms with Crippen LogP contribution < -0.4 is 0 Å². The molecule has 0 saturated heterocycles. The Kier molecular flexibility index (Phi) is 74.7. The van der Waals surface area contributed by atoms with Gasteiger partial charge in [0.05, 0.1) is 26.4 Å². The van der Waals surface area contributed by atoms with Crippen LogP contribution in [-0.4, -0.2) is 96.7 Å². The molecule has 0 rings (SSSR count). The SMILES string of the molecule is CCCCCCCCCCCCCCCCC(=O)O[C@H](COC(=O)CCCCCCCCCCC(C)CC)COP(=O)(O)OC[C@H](O)COP(=O)(O)OC[C@@H](COC(=O)CCCCCCCCCCCCCCCCCC(C)C)OC(=O)CCCCCCCCCCCCCCCCCCCCC(C)C. The Labute approximate surface area is 645 Å². The summed E-state index contributed by atoms with van der Waals surface area (Å²) in [4.78, 5) is 73.2. The van der Waals surface area contributed by atoms with E-state index in [-0.39, 0.29) is 25.7 Å². The maximum absolute atomic E-state index is 13.2. The number of rotatable bonds is 84. The third-order valence-corrected chi connectivity index (χ3v) is 22.4. The van der Waals surface area contributed by atoms with Crippen molar-refractivity contribution < 1.29 is 80.2 Å². The second-order valence-corrected chi connectivity index (χ2v) is 35.0. The maximum Gasteiger partial charge on any atom is 0.472 e. The summed E-state index contributed by atoms with van der Waals surface area (Å²) in [6.45, 7) is 12.0. The minimum atomic E-state index is -4.97. The lowest BCUT2D eigenvalue weighted by atomic mass is 9.99. The number of hydrogen-bond acceptors (Lipinski definition) is 15. The van der Waals surface area contributed by atoms with Crippen molar-refractivity contribution >= 4 is 39.5 Å². The molecule has 0 aromatic rings. The molecule has 0 radical (unpaired) electrons. The minimum Gasteiger partial charge on any atom is -0.462 e. The Morgan fingerprint density at radius 3 is 0.724 bits per heavy atom. The van der Waals surface area contributed by atoms with E-state index in [2.05, 4.69) is 48.5 Å². The normalized spacial score (nSPS) is 14.1. The van der Waals surface area contributed by atoms with E-state index in [1.54, 1.807) is 0 Å². The number of hydrogen-bond donors (Lipinski definition) is 3. The van der Waals surface area contributed by atoms with Gasteiger partial charge in [0.25, 0.3) is 0 Å². The summed E-state index contributed by atoms with van der Waals surface area (Å²) in [5.41, 5.74) is 0. The van der Waals surface area contributed by atoms with Crippen molar-refractivity contribution in [3.63, 3.8) is 0 Å². The van der Waals surface area contributed by atoms with Crippen molar-refractivity contribution in [1.82, 2.24) is 0 Å². The van der Waals surface area contributed by atoms with Crippen LogP contribution in [0.4, 0.5) is 0 Å². The smallest absolute Gasteiger partial charge is 0.462 e. The second kappa shape index (κ2) is 76.1. The zero-order valence-corrected chi connectivity index (χ0v) is 71.0. The molecular formula is C86H168O17P2. The predicted octanol–water partition coefficient (Wildman–Crippen LogP) is 26.1. The lowest BCUT2D eigenvalue weighted by molar-refractivity contribution is -0.161. The van der Waals surface area contributed by atoms with Crippen LogP contribution in [0, 0.1) is 17.8 Å². The molecule has 19 heteroatoms. The molecule has 0 aliphatic rings. The third-order valence-electron chi connectivity index (χ3n) is 20.5. The van der Waals surface area contributed by atoms with E-state index in [1.807, 2.05) is 0 Å². The first-order valence-electron chi connectivity index (χ1n) is 44.4. The minimum absolute atomic E-state index is 0.108. The van der Waals surface area contributed by atoms with Gasteiger partial charge in [-0.2, -0.15) is 0 Å². The Bertz CT molecular complexity index is 2030. The average Bonchev–Trinajstić information content (AvgIpc) is 0.920. The van der Waals surface area contributed by atoms with Gasteiger partial charge < -0.3 is 33.8 Å². The predicted molar refractivity (Wildman–Crippen MR) is 432 cm³/mol. The highest BCUT2D eigenvalue weighted by Gasteiger charge is 2.30. The number of aliphatic hydroxyl groups excluding tert-OH is 1. The quantitative estimate of drug-likeness (QED) is 0.0222. The van der Waals surface area contributed by atoms with Gasteiger partial charge >= 0.3 is 39.5 Å².